The zero-order chi connectivity index (χ0) is 31.0. The van der Waals surface area contributed by atoms with Crippen molar-refractivity contribution >= 4 is 33.6 Å². The third-order valence-electron chi connectivity index (χ3n) is 8.52. The van der Waals surface area contributed by atoms with Gasteiger partial charge in [0.25, 0.3) is 0 Å². The van der Waals surface area contributed by atoms with Crippen LogP contribution >= 0.6 is 11.8 Å². The molecule has 0 spiro atoms. The van der Waals surface area contributed by atoms with Crippen molar-refractivity contribution in [3.63, 3.8) is 0 Å². The topological polar surface area (TPSA) is 30.7 Å². The Labute approximate surface area is 273 Å². The average molecular weight is 610 g/mol. The van der Waals surface area contributed by atoms with Crippen LogP contribution in [0.1, 0.15) is 11.1 Å². The van der Waals surface area contributed by atoms with Gasteiger partial charge in [-0.3, -0.25) is 0 Å². The summed E-state index contributed by atoms with van der Waals surface area (Å²) in [5.41, 5.74) is 10.9. The van der Waals surface area contributed by atoms with E-state index in [2.05, 4.69) is 146 Å². The minimum absolute atomic E-state index is 0.715. The minimum Gasteiger partial charge on any atom is -0.309 e. The Morgan fingerprint density at radius 2 is 1.15 bits per heavy atom. The summed E-state index contributed by atoms with van der Waals surface area (Å²) in [4.78, 5) is 12.7. The second kappa shape index (κ2) is 11.8. The molecule has 0 fully saturated rings. The van der Waals surface area contributed by atoms with Gasteiger partial charge in [0.15, 0.2) is 5.82 Å². The van der Waals surface area contributed by atoms with Crippen molar-refractivity contribution in [1.82, 2.24) is 14.5 Å². The molecule has 0 aliphatic rings. The molecule has 0 N–H and O–H groups in total. The smallest absolute Gasteiger partial charge is 0.160 e. The van der Waals surface area contributed by atoms with E-state index in [0.29, 0.717) is 5.82 Å². The number of nitrogens with zero attached hydrogens (tertiary/aromatic N) is 3. The van der Waals surface area contributed by atoms with Gasteiger partial charge in [0.05, 0.1) is 22.4 Å². The highest BCUT2D eigenvalue weighted by Gasteiger charge is 2.19. The van der Waals surface area contributed by atoms with Crippen molar-refractivity contribution in [3.05, 3.63) is 163 Å². The summed E-state index contributed by atoms with van der Waals surface area (Å²) >= 11 is 1.86. The Morgan fingerprint density at radius 3 is 1.93 bits per heavy atom. The molecule has 0 radical (unpaired) electrons. The van der Waals surface area contributed by atoms with E-state index in [1.54, 1.807) is 0 Å². The van der Waals surface area contributed by atoms with Crippen molar-refractivity contribution in [1.29, 1.82) is 0 Å². The summed E-state index contributed by atoms with van der Waals surface area (Å²) in [6.45, 7) is 4.41. The first kappa shape index (κ1) is 28.1. The number of fused-ring (bicyclic) bond motifs is 3. The zero-order valence-corrected chi connectivity index (χ0v) is 26.5. The third-order valence-corrected chi connectivity index (χ3v) is 9.93. The lowest BCUT2D eigenvalue weighted by Crippen LogP contribution is -1.98. The molecule has 0 saturated heterocycles. The number of benzene rings is 6. The molecule has 2 heterocycles. The van der Waals surface area contributed by atoms with E-state index < -0.39 is 0 Å². The van der Waals surface area contributed by atoms with Crippen molar-refractivity contribution in [2.45, 2.75) is 23.6 Å². The van der Waals surface area contributed by atoms with Gasteiger partial charge in [-0.2, -0.15) is 0 Å². The fourth-order valence-corrected chi connectivity index (χ4v) is 7.34. The quantitative estimate of drug-likeness (QED) is 0.188. The lowest BCUT2D eigenvalue weighted by Gasteiger charge is -2.13. The molecule has 46 heavy (non-hydrogen) atoms. The minimum atomic E-state index is 0.715. The van der Waals surface area contributed by atoms with Crippen molar-refractivity contribution < 1.29 is 0 Å². The second-order valence-electron chi connectivity index (χ2n) is 11.6. The van der Waals surface area contributed by atoms with Crippen molar-refractivity contribution in [2.24, 2.45) is 0 Å². The number of aryl methyl sites for hydroxylation is 2. The highest BCUT2D eigenvalue weighted by Crippen LogP contribution is 2.43. The molecule has 0 saturated carbocycles. The van der Waals surface area contributed by atoms with Crippen LogP contribution < -0.4 is 0 Å². The zero-order valence-electron chi connectivity index (χ0n) is 25.7. The number of rotatable bonds is 6. The Kier molecular flexibility index (Phi) is 7.20. The molecule has 3 nitrogen and oxygen atoms in total. The molecule has 8 aromatic rings. The highest BCUT2D eigenvalue weighted by molar-refractivity contribution is 7.99. The Hall–Kier alpha value is -5.45. The molecule has 8 rings (SSSR count). The summed E-state index contributed by atoms with van der Waals surface area (Å²) in [5.74, 6) is 0.715. The molecule has 0 unspecified atom stereocenters. The molecule has 220 valence electrons. The van der Waals surface area contributed by atoms with Crippen LogP contribution in [0.15, 0.2) is 161 Å². The summed E-state index contributed by atoms with van der Waals surface area (Å²) in [6.07, 6.45) is 0. The first-order valence-corrected chi connectivity index (χ1v) is 16.3. The summed E-state index contributed by atoms with van der Waals surface area (Å²) in [7, 11) is 0. The van der Waals surface area contributed by atoms with Gasteiger partial charge < -0.3 is 4.57 Å². The van der Waals surface area contributed by atoms with E-state index >= 15 is 0 Å². The molecule has 2 aromatic heterocycles. The van der Waals surface area contributed by atoms with Gasteiger partial charge in [0, 0.05) is 42.9 Å². The highest BCUT2D eigenvalue weighted by atomic mass is 32.2. The Morgan fingerprint density at radius 1 is 0.500 bits per heavy atom. The molecular weight excluding hydrogens is 579 g/mol. The number of hydrogen-bond acceptors (Lipinski definition) is 3. The SMILES string of the molecule is Cc1ccccc1Sc1c(C)ccc2c1c1ccccc1n2-c1cccc(-c2cc(-c3ccccc3)nc(-c3ccccc3)n2)c1. The predicted molar refractivity (Wildman–Crippen MR) is 193 cm³/mol. The largest absolute Gasteiger partial charge is 0.309 e. The van der Waals surface area contributed by atoms with Gasteiger partial charge in [-0.1, -0.05) is 127 Å². The third kappa shape index (κ3) is 5.07. The normalized spacial score (nSPS) is 11.3. The van der Waals surface area contributed by atoms with Gasteiger partial charge in [0.2, 0.25) is 0 Å². The van der Waals surface area contributed by atoms with E-state index in [9.17, 15) is 0 Å². The van der Waals surface area contributed by atoms with Gasteiger partial charge in [-0.15, -0.1) is 0 Å². The maximum atomic E-state index is 5.10. The summed E-state index contributed by atoms with van der Waals surface area (Å²) in [6, 6.07) is 53.3. The maximum Gasteiger partial charge on any atom is 0.160 e. The number of para-hydroxylation sites is 1. The van der Waals surface area contributed by atoms with Gasteiger partial charge in [-0.25, -0.2) is 9.97 Å². The van der Waals surface area contributed by atoms with E-state index in [1.807, 2.05) is 36.0 Å². The van der Waals surface area contributed by atoms with Crippen LogP contribution in [-0.2, 0) is 0 Å². The second-order valence-corrected chi connectivity index (χ2v) is 12.6. The van der Waals surface area contributed by atoms with Crippen LogP contribution in [0.4, 0.5) is 0 Å². The fourth-order valence-electron chi connectivity index (χ4n) is 6.20. The first-order valence-electron chi connectivity index (χ1n) is 15.5. The van der Waals surface area contributed by atoms with Crippen LogP contribution in [0.3, 0.4) is 0 Å². The lowest BCUT2D eigenvalue weighted by atomic mass is 10.1. The van der Waals surface area contributed by atoms with E-state index in [1.165, 1.54) is 42.7 Å². The number of hydrogen-bond donors (Lipinski definition) is 0. The average Bonchev–Trinajstić information content (AvgIpc) is 3.45. The molecule has 0 aliphatic carbocycles. The first-order chi connectivity index (χ1) is 22.6. The molecule has 6 aromatic carbocycles. The molecule has 0 bridgehead atoms. The van der Waals surface area contributed by atoms with Crippen LogP contribution in [0.5, 0.6) is 0 Å². The summed E-state index contributed by atoms with van der Waals surface area (Å²) in [5, 5.41) is 2.54. The fraction of sp³-hybridized carbons (Fsp3) is 0.0476. The van der Waals surface area contributed by atoms with Gasteiger partial charge in [0.1, 0.15) is 0 Å². The van der Waals surface area contributed by atoms with E-state index in [-0.39, 0.29) is 0 Å². The number of aromatic nitrogens is 3. The van der Waals surface area contributed by atoms with E-state index in [0.717, 1.165) is 33.8 Å². The van der Waals surface area contributed by atoms with Crippen LogP contribution in [0.25, 0.3) is 61.4 Å². The molecular formula is C42H31N3S. The predicted octanol–water partition coefficient (Wildman–Crippen LogP) is 11.3. The summed E-state index contributed by atoms with van der Waals surface area (Å²) < 4.78 is 2.40. The Balaban J connectivity index is 1.32. The standard InChI is InChI=1S/C42H31N3S/c1-28-14-9-12-23-39(28)46-41-29(2)24-25-38-40(41)34-21-10-11-22-37(34)45(38)33-20-13-19-32(26-33)36-27-35(30-15-5-3-6-16-30)43-42(44-36)31-17-7-4-8-18-31/h3-27H,1-2H3. The van der Waals surface area contributed by atoms with Crippen LogP contribution in [-0.4, -0.2) is 14.5 Å². The maximum absolute atomic E-state index is 5.10. The van der Waals surface area contributed by atoms with Crippen LogP contribution in [0, 0.1) is 13.8 Å². The van der Waals surface area contributed by atoms with Crippen molar-refractivity contribution in [3.8, 4) is 39.6 Å². The Bertz CT molecular complexity index is 2300. The molecule has 0 aliphatic heterocycles. The van der Waals surface area contributed by atoms with Gasteiger partial charge in [-0.05, 0) is 61.4 Å². The monoisotopic (exact) mass is 609 g/mol. The lowest BCUT2D eigenvalue weighted by molar-refractivity contribution is 1.16. The molecule has 0 amide bonds. The molecule has 4 heteroatoms. The van der Waals surface area contributed by atoms with Crippen LogP contribution in [0.2, 0.25) is 0 Å². The van der Waals surface area contributed by atoms with E-state index in [4.69, 9.17) is 9.97 Å². The van der Waals surface area contributed by atoms with Crippen molar-refractivity contribution in [2.75, 3.05) is 0 Å². The molecule has 0 atom stereocenters. The van der Waals surface area contributed by atoms with Gasteiger partial charge >= 0.3 is 0 Å².